The molecule has 3 rings (SSSR count). The molecule has 2 amide bonds. The lowest BCUT2D eigenvalue weighted by molar-refractivity contribution is 0.0937. The van der Waals surface area contributed by atoms with E-state index in [1.807, 2.05) is 30.5 Å². The van der Waals surface area contributed by atoms with E-state index in [-0.39, 0.29) is 23.7 Å². The number of imidazole rings is 1. The number of carbonyl (C=O) groups is 2. The first-order valence-corrected chi connectivity index (χ1v) is 8.86. The van der Waals surface area contributed by atoms with Crippen molar-refractivity contribution in [3.05, 3.63) is 41.5 Å². The van der Waals surface area contributed by atoms with Crippen molar-refractivity contribution in [1.82, 2.24) is 14.9 Å². The second-order valence-corrected chi connectivity index (χ2v) is 6.62. The molecule has 7 heteroatoms. The van der Waals surface area contributed by atoms with Crippen molar-refractivity contribution in [2.24, 2.45) is 0 Å². The van der Waals surface area contributed by atoms with Crippen molar-refractivity contribution < 1.29 is 14.3 Å². The highest BCUT2D eigenvalue weighted by molar-refractivity contribution is 6.04. The summed E-state index contributed by atoms with van der Waals surface area (Å²) in [7, 11) is 1.55. The fourth-order valence-corrected chi connectivity index (χ4v) is 3.15. The summed E-state index contributed by atoms with van der Waals surface area (Å²) in [5.74, 6) is 0.256. The molecule has 2 aromatic rings. The quantitative estimate of drug-likeness (QED) is 0.862. The lowest BCUT2D eigenvalue weighted by Crippen LogP contribution is -2.31. The number of para-hydroxylation sites is 2. The molecule has 26 heavy (non-hydrogen) atoms. The van der Waals surface area contributed by atoms with Crippen LogP contribution in [-0.2, 0) is 13.0 Å². The summed E-state index contributed by atoms with van der Waals surface area (Å²) in [6.45, 7) is 4.48. The van der Waals surface area contributed by atoms with Gasteiger partial charge in [-0.1, -0.05) is 12.1 Å². The van der Waals surface area contributed by atoms with Gasteiger partial charge in [0.15, 0.2) is 5.82 Å². The molecule has 2 N–H and O–H groups in total. The Kier molecular flexibility index (Phi) is 5.25. The maximum absolute atomic E-state index is 12.8. The molecule has 0 saturated carbocycles. The molecule has 1 aromatic carbocycles. The summed E-state index contributed by atoms with van der Waals surface area (Å²) in [5, 5.41) is 5.70. The molecule has 138 valence electrons. The molecule has 2 heterocycles. The molecule has 0 saturated heterocycles. The SMILES string of the molecule is COc1ccccc1NC(=O)c1nc(C(=O)NC(C)C)c2n1CCCC2. The topological polar surface area (TPSA) is 85.2 Å². The summed E-state index contributed by atoms with van der Waals surface area (Å²) in [6.07, 6.45) is 2.69. The van der Waals surface area contributed by atoms with Gasteiger partial charge in [0, 0.05) is 12.6 Å². The van der Waals surface area contributed by atoms with Crippen LogP contribution >= 0.6 is 0 Å². The van der Waals surface area contributed by atoms with Gasteiger partial charge < -0.3 is 19.9 Å². The first kappa shape index (κ1) is 18.0. The zero-order valence-corrected chi connectivity index (χ0v) is 15.3. The predicted octanol–water partition coefficient (Wildman–Crippen LogP) is 2.62. The van der Waals surface area contributed by atoms with Crippen LogP contribution in [0, 0.1) is 0 Å². The number of amides is 2. The second-order valence-electron chi connectivity index (χ2n) is 6.62. The van der Waals surface area contributed by atoms with Crippen molar-refractivity contribution in [3.63, 3.8) is 0 Å². The minimum Gasteiger partial charge on any atom is -0.495 e. The Balaban J connectivity index is 1.93. The van der Waals surface area contributed by atoms with Gasteiger partial charge in [0.25, 0.3) is 11.8 Å². The van der Waals surface area contributed by atoms with Gasteiger partial charge in [-0.05, 0) is 45.2 Å². The molecule has 0 bridgehead atoms. The van der Waals surface area contributed by atoms with Crippen LogP contribution in [0.25, 0.3) is 0 Å². The van der Waals surface area contributed by atoms with E-state index >= 15 is 0 Å². The summed E-state index contributed by atoms with van der Waals surface area (Å²) >= 11 is 0. The first-order valence-electron chi connectivity index (χ1n) is 8.86. The molecular weight excluding hydrogens is 332 g/mol. The van der Waals surface area contributed by atoms with E-state index in [1.54, 1.807) is 19.2 Å². The number of carbonyl (C=O) groups excluding carboxylic acids is 2. The van der Waals surface area contributed by atoms with E-state index < -0.39 is 0 Å². The van der Waals surface area contributed by atoms with Crippen LogP contribution in [0.1, 0.15) is 53.5 Å². The van der Waals surface area contributed by atoms with Crippen LogP contribution in [0.4, 0.5) is 5.69 Å². The van der Waals surface area contributed by atoms with E-state index in [1.165, 1.54) is 0 Å². The molecule has 1 aliphatic rings. The normalized spacial score (nSPS) is 13.2. The van der Waals surface area contributed by atoms with Crippen molar-refractivity contribution in [1.29, 1.82) is 0 Å². The molecule has 0 spiro atoms. The van der Waals surface area contributed by atoms with E-state index in [0.29, 0.717) is 23.7 Å². The number of ether oxygens (including phenoxy) is 1. The van der Waals surface area contributed by atoms with Gasteiger partial charge in [-0.3, -0.25) is 9.59 Å². The van der Waals surface area contributed by atoms with Crippen LogP contribution in [-0.4, -0.2) is 34.5 Å². The molecule has 0 unspecified atom stereocenters. The summed E-state index contributed by atoms with van der Waals surface area (Å²) in [6, 6.07) is 7.21. The molecule has 1 aliphatic heterocycles. The van der Waals surface area contributed by atoms with E-state index in [0.717, 1.165) is 25.0 Å². The van der Waals surface area contributed by atoms with Crippen LogP contribution in [0.5, 0.6) is 5.75 Å². The summed E-state index contributed by atoms with van der Waals surface area (Å²) in [4.78, 5) is 29.7. The minimum absolute atomic E-state index is 0.00861. The smallest absolute Gasteiger partial charge is 0.291 e. The zero-order chi connectivity index (χ0) is 18.7. The zero-order valence-electron chi connectivity index (χ0n) is 15.3. The van der Waals surface area contributed by atoms with Gasteiger partial charge in [-0.2, -0.15) is 0 Å². The highest BCUT2D eigenvalue weighted by atomic mass is 16.5. The third-order valence-corrected chi connectivity index (χ3v) is 4.31. The Hall–Kier alpha value is -2.83. The van der Waals surface area contributed by atoms with Crippen LogP contribution in [0.2, 0.25) is 0 Å². The average Bonchev–Trinajstić information content (AvgIpc) is 3.01. The largest absolute Gasteiger partial charge is 0.495 e. The van der Waals surface area contributed by atoms with Crippen molar-refractivity contribution >= 4 is 17.5 Å². The number of nitrogens with zero attached hydrogens (tertiary/aromatic N) is 2. The molecule has 7 nitrogen and oxygen atoms in total. The van der Waals surface area contributed by atoms with Crippen molar-refractivity contribution in [3.8, 4) is 5.75 Å². The number of hydrogen-bond acceptors (Lipinski definition) is 4. The molecule has 0 aliphatic carbocycles. The monoisotopic (exact) mass is 356 g/mol. The lowest BCUT2D eigenvalue weighted by Gasteiger charge is -2.17. The summed E-state index contributed by atoms with van der Waals surface area (Å²) in [5.41, 5.74) is 1.75. The number of methoxy groups -OCH3 is 1. The number of fused-ring (bicyclic) bond motifs is 1. The number of rotatable bonds is 5. The first-order chi connectivity index (χ1) is 12.5. The number of anilines is 1. The van der Waals surface area contributed by atoms with Crippen LogP contribution in [0.15, 0.2) is 24.3 Å². The van der Waals surface area contributed by atoms with Gasteiger partial charge in [0.05, 0.1) is 18.5 Å². The Morgan fingerprint density at radius 2 is 1.96 bits per heavy atom. The Labute approximate surface area is 152 Å². The Bertz CT molecular complexity index is 826. The molecule has 0 radical (unpaired) electrons. The Morgan fingerprint density at radius 3 is 2.69 bits per heavy atom. The summed E-state index contributed by atoms with van der Waals surface area (Å²) < 4.78 is 7.14. The maximum Gasteiger partial charge on any atom is 0.291 e. The van der Waals surface area contributed by atoms with Gasteiger partial charge in [-0.15, -0.1) is 0 Å². The van der Waals surface area contributed by atoms with Gasteiger partial charge in [0.2, 0.25) is 0 Å². The molecular formula is C19H24N4O3. The van der Waals surface area contributed by atoms with Crippen LogP contribution in [0.3, 0.4) is 0 Å². The lowest BCUT2D eigenvalue weighted by atomic mass is 10.1. The third kappa shape index (κ3) is 3.56. The van der Waals surface area contributed by atoms with E-state index in [4.69, 9.17) is 4.74 Å². The Morgan fingerprint density at radius 1 is 1.19 bits per heavy atom. The number of hydrogen-bond donors (Lipinski definition) is 2. The number of benzene rings is 1. The maximum atomic E-state index is 12.8. The average molecular weight is 356 g/mol. The number of aromatic nitrogens is 2. The minimum atomic E-state index is -0.346. The molecule has 0 atom stereocenters. The number of nitrogens with one attached hydrogen (secondary N) is 2. The van der Waals surface area contributed by atoms with Crippen LogP contribution < -0.4 is 15.4 Å². The van der Waals surface area contributed by atoms with E-state index in [9.17, 15) is 9.59 Å². The van der Waals surface area contributed by atoms with Gasteiger partial charge in [0.1, 0.15) is 11.4 Å². The predicted molar refractivity (Wildman–Crippen MR) is 98.7 cm³/mol. The van der Waals surface area contributed by atoms with Crippen molar-refractivity contribution in [2.45, 2.75) is 45.7 Å². The standard InChI is InChI=1S/C19H24N4O3/c1-12(2)20-18(24)16-14-9-6-7-11-23(14)17(22-16)19(25)21-13-8-4-5-10-15(13)26-3/h4-5,8,10,12H,6-7,9,11H2,1-3H3,(H,20,24)(H,21,25). The molecule has 1 aromatic heterocycles. The highest BCUT2D eigenvalue weighted by Gasteiger charge is 2.28. The fraction of sp³-hybridized carbons (Fsp3) is 0.421. The van der Waals surface area contributed by atoms with Gasteiger partial charge >= 0.3 is 0 Å². The van der Waals surface area contributed by atoms with Gasteiger partial charge in [-0.25, -0.2) is 4.98 Å². The fourth-order valence-electron chi connectivity index (χ4n) is 3.15. The van der Waals surface area contributed by atoms with Crippen molar-refractivity contribution in [2.75, 3.05) is 12.4 Å². The second kappa shape index (κ2) is 7.59. The molecule has 0 fully saturated rings. The highest BCUT2D eigenvalue weighted by Crippen LogP contribution is 2.25. The van der Waals surface area contributed by atoms with E-state index in [2.05, 4.69) is 15.6 Å². The third-order valence-electron chi connectivity index (χ3n) is 4.31.